The molecular weight excluding hydrogens is 332 g/mol. The highest BCUT2D eigenvalue weighted by molar-refractivity contribution is 7.80. The molecule has 3 aromatic rings. The molecule has 0 aliphatic heterocycles. The molecule has 0 saturated carbocycles. The standard InChI is InChI=1S/C19H20N4OS/c1-2-24-18-5-3-4-16(12-18)22-19(25)21-13-15-6-8-17(9-7-15)23-11-10-20-14-23/h3-12,14H,2,13H2,1H3,(H2,21,22,25). The van der Waals surface area contributed by atoms with Crippen molar-refractivity contribution in [3.63, 3.8) is 0 Å². The van der Waals surface area contributed by atoms with Crippen LogP contribution in [0.3, 0.4) is 0 Å². The first-order chi connectivity index (χ1) is 12.2. The lowest BCUT2D eigenvalue weighted by molar-refractivity contribution is 0.340. The number of nitrogens with one attached hydrogen (secondary N) is 2. The zero-order valence-corrected chi connectivity index (χ0v) is 14.8. The van der Waals surface area contributed by atoms with Crippen molar-refractivity contribution in [1.29, 1.82) is 0 Å². The summed E-state index contributed by atoms with van der Waals surface area (Å²) in [6.07, 6.45) is 5.46. The van der Waals surface area contributed by atoms with Crippen molar-refractivity contribution in [1.82, 2.24) is 14.9 Å². The minimum Gasteiger partial charge on any atom is -0.494 e. The van der Waals surface area contributed by atoms with E-state index in [2.05, 4.69) is 39.9 Å². The zero-order chi connectivity index (χ0) is 17.5. The molecule has 1 aromatic heterocycles. The van der Waals surface area contributed by atoms with Gasteiger partial charge in [0.2, 0.25) is 0 Å². The first kappa shape index (κ1) is 17.0. The summed E-state index contributed by atoms with van der Waals surface area (Å²) in [6, 6.07) is 16.0. The largest absolute Gasteiger partial charge is 0.494 e. The number of benzene rings is 2. The number of hydrogen-bond acceptors (Lipinski definition) is 3. The SMILES string of the molecule is CCOc1cccc(NC(=S)NCc2ccc(-n3ccnc3)cc2)c1. The topological polar surface area (TPSA) is 51.1 Å². The van der Waals surface area contributed by atoms with Crippen LogP contribution >= 0.6 is 12.2 Å². The summed E-state index contributed by atoms with van der Waals surface area (Å²) in [7, 11) is 0. The molecule has 0 saturated heterocycles. The van der Waals surface area contributed by atoms with Gasteiger partial charge in [-0.3, -0.25) is 0 Å². The van der Waals surface area contributed by atoms with Gasteiger partial charge in [-0.2, -0.15) is 0 Å². The lowest BCUT2D eigenvalue weighted by atomic mass is 10.2. The van der Waals surface area contributed by atoms with E-state index in [1.165, 1.54) is 0 Å². The number of anilines is 1. The minimum atomic E-state index is 0.576. The highest BCUT2D eigenvalue weighted by atomic mass is 32.1. The fourth-order valence-corrected chi connectivity index (χ4v) is 2.58. The van der Waals surface area contributed by atoms with Gasteiger partial charge in [-0.25, -0.2) is 4.98 Å². The second-order valence-corrected chi connectivity index (χ2v) is 5.81. The van der Waals surface area contributed by atoms with Crippen molar-refractivity contribution in [2.75, 3.05) is 11.9 Å². The lowest BCUT2D eigenvalue weighted by Crippen LogP contribution is -2.27. The third kappa shape index (κ3) is 4.81. The predicted octanol–water partition coefficient (Wildman–Crippen LogP) is 3.76. The summed E-state index contributed by atoms with van der Waals surface area (Å²) in [4.78, 5) is 4.05. The molecule has 5 nitrogen and oxygen atoms in total. The number of rotatable bonds is 6. The molecule has 0 unspecified atom stereocenters. The molecule has 2 aromatic carbocycles. The van der Waals surface area contributed by atoms with Crippen LogP contribution in [0.1, 0.15) is 12.5 Å². The molecule has 0 radical (unpaired) electrons. The van der Waals surface area contributed by atoms with Gasteiger partial charge in [0.15, 0.2) is 5.11 Å². The second kappa shape index (κ2) is 8.30. The van der Waals surface area contributed by atoms with Crippen LogP contribution in [-0.2, 0) is 6.54 Å². The first-order valence-corrected chi connectivity index (χ1v) is 8.50. The third-order valence-corrected chi connectivity index (χ3v) is 3.84. The maximum Gasteiger partial charge on any atom is 0.171 e. The maximum atomic E-state index is 5.49. The van der Waals surface area contributed by atoms with Gasteiger partial charge in [0, 0.05) is 36.4 Å². The Morgan fingerprint density at radius 1 is 1.20 bits per heavy atom. The average molecular weight is 352 g/mol. The van der Waals surface area contributed by atoms with Crippen molar-refractivity contribution in [2.45, 2.75) is 13.5 Å². The van der Waals surface area contributed by atoms with Crippen LogP contribution in [0.15, 0.2) is 67.3 Å². The van der Waals surface area contributed by atoms with Gasteiger partial charge in [0.1, 0.15) is 5.75 Å². The quantitative estimate of drug-likeness (QED) is 0.662. The Morgan fingerprint density at radius 2 is 2.04 bits per heavy atom. The average Bonchev–Trinajstić information content (AvgIpc) is 3.16. The van der Waals surface area contributed by atoms with E-state index in [1.807, 2.05) is 42.0 Å². The maximum absolute atomic E-state index is 5.49. The van der Waals surface area contributed by atoms with E-state index >= 15 is 0 Å². The molecule has 128 valence electrons. The summed E-state index contributed by atoms with van der Waals surface area (Å²) < 4.78 is 7.46. The third-order valence-electron chi connectivity index (χ3n) is 3.59. The van der Waals surface area contributed by atoms with Crippen LogP contribution in [0.4, 0.5) is 5.69 Å². The molecule has 6 heteroatoms. The van der Waals surface area contributed by atoms with Gasteiger partial charge in [-0.05, 0) is 49.0 Å². The summed E-state index contributed by atoms with van der Waals surface area (Å²) in [5.41, 5.74) is 3.13. The van der Waals surface area contributed by atoms with Crippen LogP contribution in [0.2, 0.25) is 0 Å². The van der Waals surface area contributed by atoms with Crippen molar-refractivity contribution >= 4 is 23.0 Å². The van der Waals surface area contributed by atoms with E-state index in [-0.39, 0.29) is 0 Å². The van der Waals surface area contributed by atoms with Crippen molar-refractivity contribution < 1.29 is 4.74 Å². The van der Waals surface area contributed by atoms with Gasteiger partial charge in [0.05, 0.1) is 12.9 Å². The Morgan fingerprint density at radius 3 is 2.76 bits per heavy atom. The second-order valence-electron chi connectivity index (χ2n) is 5.40. The lowest BCUT2D eigenvalue weighted by Gasteiger charge is -2.12. The molecule has 0 fully saturated rings. The highest BCUT2D eigenvalue weighted by Gasteiger charge is 2.01. The highest BCUT2D eigenvalue weighted by Crippen LogP contribution is 2.17. The first-order valence-electron chi connectivity index (χ1n) is 8.09. The Hall–Kier alpha value is -2.86. The molecule has 0 amide bonds. The molecule has 0 aliphatic carbocycles. The number of thiocarbonyl (C=S) groups is 1. The van der Waals surface area contributed by atoms with Crippen LogP contribution in [0, 0.1) is 0 Å². The summed E-state index contributed by atoms with van der Waals surface area (Å²) in [5.74, 6) is 0.824. The Labute approximate surface area is 152 Å². The fraction of sp³-hybridized carbons (Fsp3) is 0.158. The van der Waals surface area contributed by atoms with Crippen molar-refractivity contribution in [3.8, 4) is 11.4 Å². The van der Waals surface area contributed by atoms with E-state index in [4.69, 9.17) is 17.0 Å². The van der Waals surface area contributed by atoms with Crippen LogP contribution in [0.25, 0.3) is 5.69 Å². The Balaban J connectivity index is 1.53. The Bertz CT molecular complexity index is 816. The van der Waals surface area contributed by atoms with Gasteiger partial charge in [0.25, 0.3) is 0 Å². The molecule has 3 rings (SSSR count). The van der Waals surface area contributed by atoms with Crippen LogP contribution in [-0.4, -0.2) is 21.3 Å². The minimum absolute atomic E-state index is 0.576. The van der Waals surface area contributed by atoms with E-state index in [1.54, 1.807) is 12.5 Å². The van der Waals surface area contributed by atoms with E-state index in [0.29, 0.717) is 18.3 Å². The summed E-state index contributed by atoms with van der Waals surface area (Å²) >= 11 is 5.36. The van der Waals surface area contributed by atoms with E-state index < -0.39 is 0 Å². The molecule has 2 N–H and O–H groups in total. The molecule has 1 heterocycles. The van der Waals surface area contributed by atoms with Crippen LogP contribution in [0.5, 0.6) is 5.75 Å². The normalized spacial score (nSPS) is 10.3. The molecule has 25 heavy (non-hydrogen) atoms. The zero-order valence-electron chi connectivity index (χ0n) is 14.0. The van der Waals surface area contributed by atoms with Gasteiger partial charge >= 0.3 is 0 Å². The van der Waals surface area contributed by atoms with Gasteiger partial charge in [-0.1, -0.05) is 18.2 Å². The van der Waals surface area contributed by atoms with E-state index in [0.717, 1.165) is 22.7 Å². The van der Waals surface area contributed by atoms with Gasteiger partial charge < -0.3 is 19.9 Å². The number of hydrogen-bond donors (Lipinski definition) is 2. The molecule has 0 aliphatic rings. The molecule has 0 bridgehead atoms. The Kier molecular flexibility index (Phi) is 5.64. The van der Waals surface area contributed by atoms with Crippen molar-refractivity contribution in [2.24, 2.45) is 0 Å². The van der Waals surface area contributed by atoms with Crippen LogP contribution < -0.4 is 15.4 Å². The number of imidazole rings is 1. The smallest absolute Gasteiger partial charge is 0.171 e. The van der Waals surface area contributed by atoms with Crippen molar-refractivity contribution in [3.05, 3.63) is 72.8 Å². The number of nitrogens with zero attached hydrogens (tertiary/aromatic N) is 2. The van der Waals surface area contributed by atoms with Gasteiger partial charge in [-0.15, -0.1) is 0 Å². The predicted molar refractivity (Wildman–Crippen MR) is 104 cm³/mol. The van der Waals surface area contributed by atoms with E-state index in [9.17, 15) is 0 Å². The molecule has 0 spiro atoms. The summed E-state index contributed by atoms with van der Waals surface area (Å²) in [6.45, 7) is 3.26. The fourth-order valence-electron chi connectivity index (χ4n) is 2.39. The number of aromatic nitrogens is 2. The summed E-state index contributed by atoms with van der Waals surface area (Å²) in [5, 5.41) is 6.96. The number of ether oxygens (including phenoxy) is 1. The molecular formula is C19H20N4OS. The molecule has 0 atom stereocenters. The monoisotopic (exact) mass is 352 g/mol.